The summed E-state index contributed by atoms with van der Waals surface area (Å²) < 4.78 is 0. The van der Waals surface area contributed by atoms with Crippen LogP contribution in [-0.4, -0.2) is 8.07 Å². The molecule has 1 heteroatoms. The van der Waals surface area contributed by atoms with Crippen molar-refractivity contribution in [3.8, 4) is 12.3 Å². The molecule has 1 aromatic rings. The van der Waals surface area contributed by atoms with Crippen molar-refractivity contribution >= 4 is 13.6 Å². The molecule has 90 valence electrons. The molecule has 1 rings (SSSR count). The van der Waals surface area contributed by atoms with Crippen LogP contribution in [0.15, 0.2) is 36.0 Å². The van der Waals surface area contributed by atoms with Crippen molar-refractivity contribution < 1.29 is 0 Å². The number of hydrogen-bond acceptors (Lipinski definition) is 0. The highest BCUT2D eigenvalue weighted by atomic mass is 28.3. The highest BCUT2D eigenvalue weighted by molar-refractivity contribution is 6.81. The largest absolute Gasteiger partial charge is 0.119 e. The molecule has 0 nitrogen and oxygen atoms in total. The predicted octanol–water partition coefficient (Wildman–Crippen LogP) is 4.61. The maximum atomic E-state index is 5.66. The van der Waals surface area contributed by atoms with Crippen LogP contribution in [0.25, 0.3) is 5.57 Å². The zero-order chi connectivity index (χ0) is 12.9. The van der Waals surface area contributed by atoms with E-state index in [0.29, 0.717) is 0 Å². The Morgan fingerprint density at radius 2 is 1.88 bits per heavy atom. The summed E-state index contributed by atoms with van der Waals surface area (Å²) >= 11 is 0. The molecule has 0 N–H and O–H groups in total. The van der Waals surface area contributed by atoms with Gasteiger partial charge < -0.3 is 0 Å². The lowest BCUT2D eigenvalue weighted by Gasteiger charge is -2.19. The zero-order valence-corrected chi connectivity index (χ0v) is 12.3. The first kappa shape index (κ1) is 13.8. The maximum absolute atomic E-state index is 5.66. The van der Waals surface area contributed by atoms with Crippen LogP contribution in [0.3, 0.4) is 0 Å². The standard InChI is InChI=1S/C16H22Si/c1-6-14(7-2)16(13-17(3,4)5)15-11-9-8-10-12-15/h1,8-14H,7H2,2-5H3/b16-13-. The molecular weight excluding hydrogens is 220 g/mol. The Labute approximate surface area is 107 Å². The van der Waals surface area contributed by atoms with Gasteiger partial charge in [-0.05, 0) is 17.6 Å². The quantitative estimate of drug-likeness (QED) is 0.534. The normalized spacial score (nSPS) is 14.2. The summed E-state index contributed by atoms with van der Waals surface area (Å²) in [5, 5.41) is 0. The number of allylic oxidation sites excluding steroid dienone is 1. The molecule has 0 spiro atoms. The highest BCUT2D eigenvalue weighted by Crippen LogP contribution is 2.27. The molecule has 0 aromatic heterocycles. The molecule has 1 aromatic carbocycles. The van der Waals surface area contributed by atoms with Gasteiger partial charge in [0.2, 0.25) is 0 Å². The minimum Gasteiger partial charge on any atom is -0.119 e. The van der Waals surface area contributed by atoms with E-state index in [4.69, 9.17) is 6.42 Å². The van der Waals surface area contributed by atoms with E-state index < -0.39 is 8.07 Å². The van der Waals surface area contributed by atoms with Gasteiger partial charge in [-0.15, -0.1) is 6.42 Å². The molecule has 0 aliphatic carbocycles. The van der Waals surface area contributed by atoms with Gasteiger partial charge in [0.1, 0.15) is 0 Å². The van der Waals surface area contributed by atoms with Crippen molar-refractivity contribution in [2.45, 2.75) is 33.0 Å². The Balaban J connectivity index is 3.22. The van der Waals surface area contributed by atoms with Crippen LogP contribution in [0.2, 0.25) is 19.6 Å². The van der Waals surface area contributed by atoms with E-state index >= 15 is 0 Å². The fourth-order valence-corrected chi connectivity index (χ4v) is 3.21. The van der Waals surface area contributed by atoms with Crippen molar-refractivity contribution in [3.63, 3.8) is 0 Å². The summed E-state index contributed by atoms with van der Waals surface area (Å²) in [5.41, 5.74) is 5.06. The van der Waals surface area contributed by atoms with Gasteiger partial charge in [-0.3, -0.25) is 0 Å². The molecular formula is C16H22Si. The number of benzene rings is 1. The van der Waals surface area contributed by atoms with E-state index in [1.54, 1.807) is 0 Å². The van der Waals surface area contributed by atoms with Crippen LogP contribution in [0.4, 0.5) is 0 Å². The van der Waals surface area contributed by atoms with Gasteiger partial charge in [0.25, 0.3) is 0 Å². The van der Waals surface area contributed by atoms with Gasteiger partial charge in [-0.1, -0.05) is 68.5 Å². The molecule has 0 aliphatic heterocycles. The fraction of sp³-hybridized carbons (Fsp3) is 0.375. The van der Waals surface area contributed by atoms with Gasteiger partial charge in [-0.25, -0.2) is 0 Å². The summed E-state index contributed by atoms with van der Waals surface area (Å²) in [6, 6.07) is 10.5. The van der Waals surface area contributed by atoms with Crippen molar-refractivity contribution in [1.29, 1.82) is 0 Å². The second-order valence-electron chi connectivity index (χ2n) is 5.46. The number of terminal acetylenes is 1. The van der Waals surface area contributed by atoms with Gasteiger partial charge in [0, 0.05) is 5.92 Å². The molecule has 0 radical (unpaired) electrons. The van der Waals surface area contributed by atoms with E-state index in [1.165, 1.54) is 11.1 Å². The minimum absolute atomic E-state index is 0.240. The summed E-state index contributed by atoms with van der Waals surface area (Å²) in [5.74, 6) is 3.17. The SMILES string of the molecule is C#CC(CC)/C(=C/[Si](C)(C)C)c1ccccc1. The molecule has 0 bridgehead atoms. The van der Waals surface area contributed by atoms with E-state index in [1.807, 2.05) is 6.07 Å². The van der Waals surface area contributed by atoms with Crippen LogP contribution in [-0.2, 0) is 0 Å². The number of hydrogen-bond donors (Lipinski definition) is 0. The van der Waals surface area contributed by atoms with Crippen molar-refractivity contribution in [1.82, 2.24) is 0 Å². The Bertz CT molecular complexity index is 415. The molecule has 1 unspecified atom stereocenters. The summed E-state index contributed by atoms with van der Waals surface area (Å²) in [7, 11) is -1.26. The Morgan fingerprint density at radius 1 is 1.29 bits per heavy atom. The van der Waals surface area contributed by atoms with E-state index in [2.05, 4.69) is 62.4 Å². The monoisotopic (exact) mass is 242 g/mol. The van der Waals surface area contributed by atoms with Gasteiger partial charge >= 0.3 is 0 Å². The van der Waals surface area contributed by atoms with Crippen LogP contribution in [0.1, 0.15) is 18.9 Å². The first-order valence-electron chi connectivity index (χ1n) is 6.22. The van der Waals surface area contributed by atoms with Gasteiger partial charge in [-0.2, -0.15) is 0 Å². The lowest BCUT2D eigenvalue weighted by atomic mass is 9.92. The van der Waals surface area contributed by atoms with Crippen LogP contribution in [0, 0.1) is 18.3 Å². The van der Waals surface area contributed by atoms with Crippen molar-refractivity contribution in [2.75, 3.05) is 0 Å². The number of rotatable bonds is 4. The van der Waals surface area contributed by atoms with E-state index in [9.17, 15) is 0 Å². The average Bonchev–Trinajstić information content (AvgIpc) is 2.29. The predicted molar refractivity (Wildman–Crippen MR) is 80.4 cm³/mol. The maximum Gasteiger partial charge on any atom is 0.0691 e. The van der Waals surface area contributed by atoms with Crippen LogP contribution in [0.5, 0.6) is 0 Å². The average molecular weight is 242 g/mol. The van der Waals surface area contributed by atoms with Gasteiger partial charge in [0.15, 0.2) is 0 Å². The zero-order valence-electron chi connectivity index (χ0n) is 11.3. The molecule has 17 heavy (non-hydrogen) atoms. The Kier molecular flexibility index (Phi) is 4.78. The molecule has 0 fully saturated rings. The first-order chi connectivity index (χ1) is 7.98. The van der Waals surface area contributed by atoms with Crippen LogP contribution >= 0.6 is 0 Å². The topological polar surface area (TPSA) is 0 Å². The Hall–Kier alpha value is -1.26. The minimum atomic E-state index is -1.26. The molecule has 0 saturated carbocycles. The molecule has 0 saturated heterocycles. The van der Waals surface area contributed by atoms with Gasteiger partial charge in [0.05, 0.1) is 8.07 Å². The smallest absolute Gasteiger partial charge is 0.0691 e. The molecule has 0 aliphatic rings. The third-order valence-electron chi connectivity index (χ3n) is 2.68. The molecule has 1 atom stereocenters. The third-order valence-corrected chi connectivity index (χ3v) is 3.86. The Morgan fingerprint density at radius 3 is 2.29 bits per heavy atom. The molecule has 0 amide bonds. The van der Waals surface area contributed by atoms with Crippen LogP contribution < -0.4 is 0 Å². The highest BCUT2D eigenvalue weighted by Gasteiger charge is 2.17. The van der Waals surface area contributed by atoms with E-state index in [-0.39, 0.29) is 5.92 Å². The second kappa shape index (κ2) is 5.89. The lowest BCUT2D eigenvalue weighted by Crippen LogP contribution is -2.18. The van der Waals surface area contributed by atoms with E-state index in [0.717, 1.165) is 6.42 Å². The summed E-state index contributed by atoms with van der Waals surface area (Å²) in [6.07, 6.45) is 6.67. The lowest BCUT2D eigenvalue weighted by molar-refractivity contribution is 0.820. The van der Waals surface area contributed by atoms with Crippen molar-refractivity contribution in [3.05, 3.63) is 41.6 Å². The summed E-state index contributed by atoms with van der Waals surface area (Å²) in [4.78, 5) is 0. The third kappa shape index (κ3) is 4.24. The fourth-order valence-electron chi connectivity index (χ4n) is 1.91. The van der Waals surface area contributed by atoms with Crippen molar-refractivity contribution in [2.24, 2.45) is 5.92 Å². The molecule has 0 heterocycles. The first-order valence-corrected chi connectivity index (χ1v) is 9.80. The second-order valence-corrected chi connectivity index (χ2v) is 10.5. The summed E-state index contributed by atoms with van der Waals surface area (Å²) in [6.45, 7) is 9.20.